The molecule has 12 heavy (non-hydrogen) atoms. The second-order valence-electron chi connectivity index (χ2n) is 3.01. The normalized spacial score (nSPS) is 14.4. The summed E-state index contributed by atoms with van der Waals surface area (Å²) in [5.74, 6) is -0.170. The lowest BCUT2D eigenvalue weighted by molar-refractivity contribution is 0.619. The maximum absolute atomic E-state index is 13.0. The molecule has 0 radical (unpaired) electrons. The Morgan fingerprint density at radius 2 is 2.17 bits per heavy atom. The van der Waals surface area contributed by atoms with Gasteiger partial charge in [-0.1, -0.05) is 6.08 Å². The summed E-state index contributed by atoms with van der Waals surface area (Å²) in [7, 11) is 0. The number of halogens is 2. The predicted molar refractivity (Wildman–Crippen MR) is 51.5 cm³/mol. The molecule has 62 valence electrons. The quantitative estimate of drug-likeness (QED) is 0.635. The highest BCUT2D eigenvalue weighted by molar-refractivity contribution is 9.10. The Morgan fingerprint density at radius 3 is 2.92 bits per heavy atom. The van der Waals surface area contributed by atoms with Crippen LogP contribution in [-0.2, 0) is 6.42 Å². The molecule has 2 rings (SSSR count). The Morgan fingerprint density at radius 1 is 1.42 bits per heavy atom. The molecule has 0 nitrogen and oxygen atoms in total. The molecule has 0 fully saturated rings. The molecule has 1 aliphatic carbocycles. The third-order valence-corrected chi connectivity index (χ3v) is 2.81. The van der Waals surface area contributed by atoms with Gasteiger partial charge >= 0.3 is 0 Å². The fourth-order valence-electron chi connectivity index (χ4n) is 1.50. The Balaban J connectivity index is 2.63. The van der Waals surface area contributed by atoms with Gasteiger partial charge in [0.1, 0.15) is 5.82 Å². The Hall–Kier alpha value is -0.630. The summed E-state index contributed by atoms with van der Waals surface area (Å²) in [4.78, 5) is 0. The zero-order valence-corrected chi connectivity index (χ0v) is 8.28. The predicted octanol–water partition coefficient (Wildman–Crippen LogP) is 3.55. The molecule has 0 saturated heterocycles. The molecular formula is C10H8BrF. The average molecular weight is 227 g/mol. The van der Waals surface area contributed by atoms with Crippen LogP contribution in [-0.4, -0.2) is 0 Å². The van der Waals surface area contributed by atoms with E-state index < -0.39 is 0 Å². The third kappa shape index (κ3) is 1.11. The van der Waals surface area contributed by atoms with Gasteiger partial charge in [-0.25, -0.2) is 4.39 Å². The van der Waals surface area contributed by atoms with E-state index in [1.165, 1.54) is 11.1 Å². The van der Waals surface area contributed by atoms with E-state index in [9.17, 15) is 4.39 Å². The molecule has 1 aromatic carbocycles. The Bertz CT molecular complexity index is 366. The van der Waals surface area contributed by atoms with Gasteiger partial charge in [0.15, 0.2) is 0 Å². The van der Waals surface area contributed by atoms with E-state index in [-0.39, 0.29) is 5.82 Å². The van der Waals surface area contributed by atoms with Crippen LogP contribution in [0.4, 0.5) is 4.39 Å². The highest BCUT2D eigenvalue weighted by Crippen LogP contribution is 2.30. The summed E-state index contributed by atoms with van der Waals surface area (Å²) < 4.78 is 13.6. The topological polar surface area (TPSA) is 0 Å². The van der Waals surface area contributed by atoms with Gasteiger partial charge in [0.2, 0.25) is 0 Å². The van der Waals surface area contributed by atoms with Crippen molar-refractivity contribution in [3.05, 3.63) is 39.6 Å². The molecule has 0 atom stereocenters. The lowest BCUT2D eigenvalue weighted by atomic mass is 10.1. The van der Waals surface area contributed by atoms with Crippen molar-refractivity contribution in [3.8, 4) is 0 Å². The number of hydrogen-bond acceptors (Lipinski definition) is 0. The molecule has 2 heteroatoms. The van der Waals surface area contributed by atoms with Crippen LogP contribution in [0.25, 0.3) is 5.57 Å². The Labute approximate surface area is 79.2 Å². The molecule has 0 N–H and O–H groups in total. The molecule has 0 spiro atoms. The molecule has 0 aliphatic heterocycles. The van der Waals surface area contributed by atoms with Gasteiger partial charge in [0.05, 0.1) is 4.47 Å². The monoisotopic (exact) mass is 226 g/mol. The van der Waals surface area contributed by atoms with Crippen molar-refractivity contribution in [2.75, 3.05) is 0 Å². The van der Waals surface area contributed by atoms with Crippen LogP contribution in [0.3, 0.4) is 0 Å². The van der Waals surface area contributed by atoms with Crippen molar-refractivity contribution in [2.24, 2.45) is 0 Å². The lowest BCUT2D eigenvalue weighted by Gasteiger charge is -2.02. The van der Waals surface area contributed by atoms with E-state index >= 15 is 0 Å². The molecule has 0 bridgehead atoms. The maximum Gasteiger partial charge on any atom is 0.137 e. The van der Waals surface area contributed by atoms with Crippen LogP contribution in [0, 0.1) is 5.82 Å². The van der Waals surface area contributed by atoms with Gasteiger partial charge in [-0.3, -0.25) is 0 Å². The lowest BCUT2D eigenvalue weighted by Crippen LogP contribution is -1.86. The van der Waals surface area contributed by atoms with Crippen LogP contribution in [0.5, 0.6) is 0 Å². The molecular weight excluding hydrogens is 219 g/mol. The van der Waals surface area contributed by atoms with E-state index in [0.29, 0.717) is 4.47 Å². The highest BCUT2D eigenvalue weighted by atomic mass is 79.9. The molecule has 0 unspecified atom stereocenters. The van der Waals surface area contributed by atoms with E-state index in [2.05, 4.69) is 28.9 Å². The van der Waals surface area contributed by atoms with Crippen LogP contribution >= 0.6 is 15.9 Å². The molecule has 0 amide bonds. The number of rotatable bonds is 0. The van der Waals surface area contributed by atoms with E-state index in [4.69, 9.17) is 0 Å². The first kappa shape index (κ1) is 7.99. The van der Waals surface area contributed by atoms with Gasteiger partial charge in [-0.15, -0.1) is 0 Å². The van der Waals surface area contributed by atoms with Gasteiger partial charge in [-0.05, 0) is 58.1 Å². The van der Waals surface area contributed by atoms with Crippen LogP contribution in [0.15, 0.2) is 22.7 Å². The summed E-state index contributed by atoms with van der Waals surface area (Å²) >= 11 is 3.17. The van der Waals surface area contributed by atoms with Crippen LogP contribution in [0.2, 0.25) is 0 Å². The minimum Gasteiger partial charge on any atom is -0.206 e. The molecule has 0 saturated carbocycles. The fraction of sp³-hybridized carbons (Fsp3) is 0.200. The second kappa shape index (κ2) is 2.70. The second-order valence-corrected chi connectivity index (χ2v) is 3.87. The van der Waals surface area contributed by atoms with Crippen LogP contribution < -0.4 is 0 Å². The molecule has 1 aromatic rings. The van der Waals surface area contributed by atoms with E-state index in [0.717, 1.165) is 12.0 Å². The summed E-state index contributed by atoms with van der Waals surface area (Å²) in [5.41, 5.74) is 3.50. The molecule has 0 aromatic heterocycles. The van der Waals surface area contributed by atoms with Crippen molar-refractivity contribution in [1.29, 1.82) is 0 Å². The van der Waals surface area contributed by atoms with Crippen molar-refractivity contribution in [3.63, 3.8) is 0 Å². The average Bonchev–Trinajstić information content (AvgIpc) is 2.35. The SMILES string of the molecule is CC1=CCc2cc(F)c(Br)cc21. The van der Waals surface area contributed by atoms with Gasteiger partial charge in [-0.2, -0.15) is 0 Å². The number of allylic oxidation sites excluding steroid dienone is 2. The first-order valence-electron chi connectivity index (χ1n) is 3.83. The first-order valence-corrected chi connectivity index (χ1v) is 4.63. The molecule has 1 aliphatic rings. The zero-order valence-electron chi connectivity index (χ0n) is 6.70. The van der Waals surface area contributed by atoms with E-state index in [1.807, 2.05) is 6.07 Å². The summed E-state index contributed by atoms with van der Waals surface area (Å²) in [5, 5.41) is 0. The summed E-state index contributed by atoms with van der Waals surface area (Å²) in [6, 6.07) is 3.45. The fourth-order valence-corrected chi connectivity index (χ4v) is 1.84. The standard InChI is InChI=1S/C10H8BrF/c1-6-2-3-7-4-10(12)9(11)5-8(6)7/h2,4-5H,3H2,1H3. The van der Waals surface area contributed by atoms with Gasteiger partial charge in [0, 0.05) is 0 Å². The smallest absolute Gasteiger partial charge is 0.137 e. The minimum atomic E-state index is -0.170. The number of hydrogen-bond donors (Lipinski definition) is 0. The van der Waals surface area contributed by atoms with Crippen molar-refractivity contribution >= 4 is 21.5 Å². The van der Waals surface area contributed by atoms with Crippen molar-refractivity contribution in [1.82, 2.24) is 0 Å². The van der Waals surface area contributed by atoms with Crippen molar-refractivity contribution in [2.45, 2.75) is 13.3 Å². The zero-order chi connectivity index (χ0) is 8.72. The minimum absolute atomic E-state index is 0.170. The van der Waals surface area contributed by atoms with E-state index in [1.54, 1.807) is 6.07 Å². The Kier molecular flexibility index (Phi) is 1.80. The number of fused-ring (bicyclic) bond motifs is 1. The third-order valence-electron chi connectivity index (χ3n) is 2.20. The largest absolute Gasteiger partial charge is 0.206 e. The summed E-state index contributed by atoms with van der Waals surface area (Å²) in [6.07, 6.45) is 2.99. The van der Waals surface area contributed by atoms with Gasteiger partial charge in [0.25, 0.3) is 0 Å². The maximum atomic E-state index is 13.0. The number of benzene rings is 1. The highest BCUT2D eigenvalue weighted by Gasteiger charge is 2.13. The first-order chi connectivity index (χ1) is 5.68. The summed E-state index contributed by atoms with van der Waals surface area (Å²) in [6.45, 7) is 2.05. The van der Waals surface area contributed by atoms with Gasteiger partial charge < -0.3 is 0 Å². The van der Waals surface area contributed by atoms with Crippen molar-refractivity contribution < 1.29 is 4.39 Å². The van der Waals surface area contributed by atoms with Crippen LogP contribution in [0.1, 0.15) is 18.1 Å². The molecule has 0 heterocycles.